The molecule has 0 bridgehead atoms. The number of unbranched alkanes of at least 4 members (excludes halogenated alkanes) is 6. The van der Waals surface area contributed by atoms with Crippen LogP contribution in [0.4, 0.5) is 13.2 Å². The fourth-order valence-electron chi connectivity index (χ4n) is 16.0. The maximum absolute atomic E-state index is 10.6. The Morgan fingerprint density at radius 2 is 0.761 bits per heavy atom. The molecule has 2 aromatic heterocycles. The number of aliphatic hydroxyl groups is 1. The summed E-state index contributed by atoms with van der Waals surface area (Å²) in [6.07, 6.45) is 17.0. The molecule has 13 heteroatoms. The predicted molar refractivity (Wildman–Crippen MR) is 466 cm³/mol. The van der Waals surface area contributed by atoms with Gasteiger partial charge < -0.3 is 13.5 Å². The number of carbonyl (C=O) groups is 1. The summed E-state index contributed by atoms with van der Waals surface area (Å²) in [6.45, 7) is 12.9. The van der Waals surface area contributed by atoms with Crippen molar-refractivity contribution < 1.29 is 75.9 Å². The van der Waals surface area contributed by atoms with Crippen LogP contribution in [0.2, 0.25) is 0 Å². The first kappa shape index (κ1) is 87.4. The van der Waals surface area contributed by atoms with Crippen LogP contribution in [0, 0.1) is 6.07 Å². The number of benzene rings is 12. The predicted octanol–water partition coefficient (Wildman–Crippen LogP) is 28.1. The summed E-state index contributed by atoms with van der Waals surface area (Å²) in [5.74, 6) is 0.149. The van der Waals surface area contributed by atoms with Gasteiger partial charge in [0.2, 0.25) is 0 Å². The van der Waals surface area contributed by atoms with Gasteiger partial charge in [0.05, 0.1) is 22.5 Å². The van der Waals surface area contributed by atoms with E-state index in [0.29, 0.717) is 12.8 Å². The molecule has 0 spiro atoms. The first-order chi connectivity index (χ1) is 56.2. The first-order valence-corrected chi connectivity index (χ1v) is 41.8. The van der Waals surface area contributed by atoms with E-state index in [1.807, 2.05) is 0 Å². The number of rotatable bonds is 23. The molecule has 2 aliphatic carbocycles. The van der Waals surface area contributed by atoms with Gasteiger partial charge in [-0.2, -0.15) is 13.2 Å². The fraction of sp³-hybridized carbons (Fsp3) is 0.221. The molecule has 7 nitrogen and oxygen atoms in total. The molecule has 2 heterocycles. The van der Waals surface area contributed by atoms with Crippen LogP contribution in [0.15, 0.2) is 309 Å². The van der Waals surface area contributed by atoms with Crippen molar-refractivity contribution >= 4 is 38.3 Å². The Morgan fingerprint density at radius 3 is 1.21 bits per heavy atom. The number of nitrogens with zero attached hydrogens (tertiary/aromatic N) is 2. The normalized spacial score (nSPS) is 12.5. The number of allylic oxidation sites excluding steroid dienone is 2. The number of hydrogen-bond donors (Lipinski definition) is 1. The zero-order chi connectivity index (χ0) is 81.8. The van der Waals surface area contributed by atoms with E-state index < -0.39 is 16.2 Å². The summed E-state index contributed by atoms with van der Waals surface area (Å²) in [5, 5.41) is 11.2. The van der Waals surface area contributed by atoms with Gasteiger partial charge in [-0.25, -0.2) is 4.98 Å². The molecule has 2 aliphatic rings. The van der Waals surface area contributed by atoms with Crippen LogP contribution >= 0.6 is 0 Å². The Morgan fingerprint density at radius 1 is 0.393 bits per heavy atom. The van der Waals surface area contributed by atoms with Gasteiger partial charge in [-0.05, 0) is 193 Å². The molecule has 0 unspecified atom stereocenters. The average Bonchev–Trinajstić information content (AvgIpc) is 1.53. The number of carbonyl (C=O) groups excluding carboxylic acids is 1. The van der Waals surface area contributed by atoms with Gasteiger partial charge in [-0.1, -0.05) is 327 Å². The molecule has 117 heavy (non-hydrogen) atoms. The number of hydrogen-bond acceptors (Lipinski definition) is 8. The molecule has 1 N–H and O–H groups in total. The van der Waals surface area contributed by atoms with E-state index in [2.05, 4.69) is 331 Å². The topological polar surface area (TPSA) is 114 Å². The van der Waals surface area contributed by atoms with Crippen LogP contribution in [-0.2, 0) is 105 Å². The third kappa shape index (κ3) is 21.9. The summed E-state index contributed by atoms with van der Waals surface area (Å²) in [5.41, 5.74) is 27.3. The Balaban J connectivity index is 0.000000189. The van der Waals surface area contributed by atoms with E-state index in [1.54, 1.807) is 34.9 Å². The van der Waals surface area contributed by atoms with E-state index in [0.717, 1.165) is 46.4 Å². The second-order valence-corrected chi connectivity index (χ2v) is 31.7. The van der Waals surface area contributed by atoms with Gasteiger partial charge in [0, 0.05) is 71.5 Å². The van der Waals surface area contributed by atoms with Gasteiger partial charge in [-0.15, -0.1) is 29.3 Å². The second kappa shape index (κ2) is 41.1. The van der Waals surface area contributed by atoms with Gasteiger partial charge in [0.15, 0.2) is 5.78 Å². The summed E-state index contributed by atoms with van der Waals surface area (Å²) >= 11 is 1.70. The fourth-order valence-corrected chi connectivity index (χ4v) is 16.0. The molecule has 0 saturated carbocycles. The number of alkyl halides is 3. The number of aromatic nitrogens is 2. The Hall–Kier alpha value is -10.4. The number of halogens is 3. The third-order valence-electron chi connectivity index (χ3n) is 22.3. The number of pyridine rings is 2. The van der Waals surface area contributed by atoms with Gasteiger partial charge in [-0.3, -0.25) is 9.78 Å². The van der Waals surface area contributed by atoms with Crippen LogP contribution in [0.25, 0.3) is 111 Å². The van der Waals surface area contributed by atoms with Crippen molar-refractivity contribution in [2.45, 2.75) is 148 Å². The van der Waals surface area contributed by atoms with E-state index in [4.69, 9.17) is 26.7 Å². The summed E-state index contributed by atoms with van der Waals surface area (Å²) in [7, 11) is -3.93. The quantitative estimate of drug-likeness (QED) is 0.0169. The van der Waals surface area contributed by atoms with Crippen molar-refractivity contribution in [2.75, 3.05) is 0 Å². The van der Waals surface area contributed by atoms with Crippen molar-refractivity contribution in [3.63, 3.8) is 0 Å². The first-order valence-electron chi connectivity index (χ1n) is 40.1. The van der Waals surface area contributed by atoms with E-state index in [-0.39, 0.29) is 42.5 Å². The molecule has 1 radical (unpaired) electrons. The molecule has 0 amide bonds. The summed E-state index contributed by atoms with van der Waals surface area (Å²) in [4.78, 5) is 21.1. The molecule has 16 rings (SSSR count). The van der Waals surface area contributed by atoms with Crippen molar-refractivity contribution in [3.8, 4) is 89.3 Å². The van der Waals surface area contributed by atoms with Crippen LogP contribution in [-0.4, -0.2) is 26.4 Å². The number of aliphatic hydroxyl groups excluding tert-OH is 1. The van der Waals surface area contributed by atoms with Crippen LogP contribution in [0.3, 0.4) is 0 Å². The van der Waals surface area contributed by atoms with Gasteiger partial charge in [0.1, 0.15) is 0 Å². The Kier molecular flexibility index (Phi) is 30.7. The van der Waals surface area contributed by atoms with Crippen molar-refractivity contribution in [1.82, 2.24) is 9.97 Å². The molecule has 12 aromatic carbocycles. The molecule has 0 atom stereocenters. The minimum absolute atomic E-state index is 0. The molecular formula is C104H97AgF3IrN2O5S-2. The number of ketones is 1. The van der Waals surface area contributed by atoms with Crippen LogP contribution < -0.4 is 0 Å². The van der Waals surface area contributed by atoms with E-state index >= 15 is 0 Å². The Bertz CT molecular complexity index is 5500. The van der Waals surface area contributed by atoms with Crippen LogP contribution in [0.5, 0.6) is 0 Å². The summed E-state index contributed by atoms with van der Waals surface area (Å²) in [6, 6.07) is 112. The number of aryl methyl sites for hydroxylation is 4. The average molecular weight is 1840 g/mol. The molecule has 0 saturated heterocycles. The summed E-state index contributed by atoms with van der Waals surface area (Å²) < 4.78 is 57.5. The molecule has 0 aliphatic heterocycles. The van der Waals surface area contributed by atoms with E-state index in [1.165, 1.54) is 192 Å². The Labute approximate surface area is 715 Å². The SMILES string of the molecule is CC1(C)c2ccccc2-c2c[c-]c(-c3cc(-c4ccccc4)c4cc(-c5cccc(CCCCCCc6ccccc6)c5)ccc4n3)cc21.CC1(C)c2ccccc2-c2ccc(-c3cc(-c4ccccc4)c4cc(-c5cccc(CCCCCCc6ccccc6)c5)ccc4n3)cc21.CCC(=O)C=C(O)CC.O=[S-](=O)C(F)(F)F.[Ir].[O]=[Ag]. The number of fused-ring (bicyclic) bond motifs is 8. The molecule has 0 fully saturated rings. The third-order valence-corrected chi connectivity index (χ3v) is 22.6. The van der Waals surface area contributed by atoms with Crippen molar-refractivity contribution in [2.24, 2.45) is 0 Å². The minimum atomic E-state index is -5.08. The van der Waals surface area contributed by atoms with Crippen LogP contribution in [0.1, 0.15) is 150 Å². The molecule has 602 valence electrons. The van der Waals surface area contributed by atoms with E-state index in [9.17, 15) is 18.0 Å². The standard InChI is InChI=1S/C48H43N.C48H42N.C7H12O2.CF3O2S.Ag.Ir.O/c2*1-48(2)44-25-14-13-24-40(44)41-28-26-39(32-45(41)48)47-33-42(36-21-11-6-12-22-36)43-31-38(27-29-46(43)49-47)37-23-15-20-35(30-37)19-8-4-3-7-16-34-17-9-5-10-18-34;1-3-6(8)5-7(9)4-2;2-1(3,4)7(5)6;;;/h5-6,9-15,17-18,20-33H,3-4,7-8,16,19H2,1-2H3;5-6,9-15,17-18,20-25,27-33H,3-4,7-8,16,19H2,1-2H3;5,8H,3-4H2,1-2H3;;;;/q;-1;;-1;;;. The van der Waals surface area contributed by atoms with Crippen molar-refractivity contribution in [3.05, 3.63) is 360 Å². The molecular weight excluding hydrogens is 1750 g/mol. The molecule has 14 aromatic rings. The van der Waals surface area contributed by atoms with Gasteiger partial charge >= 0.3 is 29.8 Å². The monoisotopic (exact) mass is 1840 g/mol. The van der Waals surface area contributed by atoms with Crippen molar-refractivity contribution in [1.29, 1.82) is 0 Å². The second-order valence-electron chi connectivity index (χ2n) is 30.8. The maximum atomic E-state index is 10.6. The zero-order valence-electron chi connectivity index (χ0n) is 66.9. The van der Waals surface area contributed by atoms with Gasteiger partial charge in [0.25, 0.3) is 0 Å². The zero-order valence-corrected chi connectivity index (χ0v) is 71.6.